The fourth-order valence-corrected chi connectivity index (χ4v) is 3.85. The highest BCUT2D eigenvalue weighted by atomic mass is 19.1. The number of ether oxygens (including phenoxy) is 1. The molecule has 1 aliphatic rings. The fourth-order valence-electron chi connectivity index (χ4n) is 3.85. The molecule has 0 radical (unpaired) electrons. The van der Waals surface area contributed by atoms with Crippen molar-refractivity contribution in [2.75, 3.05) is 43.5 Å². The van der Waals surface area contributed by atoms with Crippen LogP contribution in [0, 0.1) is 18.6 Å². The number of methoxy groups -OCH3 is 1. The molecule has 1 fully saturated rings. The van der Waals surface area contributed by atoms with Gasteiger partial charge in [0.15, 0.2) is 11.5 Å². The van der Waals surface area contributed by atoms with Crippen molar-refractivity contribution in [2.45, 2.75) is 6.92 Å². The van der Waals surface area contributed by atoms with Crippen molar-refractivity contribution >= 4 is 33.7 Å². The summed E-state index contributed by atoms with van der Waals surface area (Å²) in [6, 6.07) is 4.70. The molecule has 31 heavy (non-hydrogen) atoms. The van der Waals surface area contributed by atoms with Gasteiger partial charge in [-0.25, -0.2) is 13.8 Å². The highest BCUT2D eigenvalue weighted by molar-refractivity contribution is 5.93. The molecule has 0 spiro atoms. The maximum Gasteiger partial charge on any atom is 0.318 e. The molecule has 10 heteroatoms. The highest BCUT2D eigenvalue weighted by Gasteiger charge is 2.19. The van der Waals surface area contributed by atoms with Gasteiger partial charge in [0.1, 0.15) is 11.6 Å². The van der Waals surface area contributed by atoms with Gasteiger partial charge in [-0.3, -0.25) is 0 Å². The predicted molar refractivity (Wildman–Crippen MR) is 114 cm³/mol. The number of rotatable bonds is 4. The summed E-state index contributed by atoms with van der Waals surface area (Å²) in [5.41, 5.74) is 2.47. The van der Waals surface area contributed by atoms with Crippen LogP contribution >= 0.6 is 0 Å². The molecule has 0 bridgehead atoms. The number of benzene rings is 1. The Hall–Kier alpha value is -3.53. The Kier molecular flexibility index (Phi) is 4.78. The third-order valence-electron chi connectivity index (χ3n) is 5.27. The van der Waals surface area contributed by atoms with E-state index in [0.717, 1.165) is 31.9 Å². The zero-order valence-electron chi connectivity index (χ0n) is 17.1. The van der Waals surface area contributed by atoms with Crippen molar-refractivity contribution in [3.8, 4) is 6.01 Å². The van der Waals surface area contributed by atoms with Crippen LogP contribution in [0.5, 0.6) is 6.01 Å². The molecule has 5 rings (SSSR count). The van der Waals surface area contributed by atoms with Gasteiger partial charge in [0.05, 0.1) is 29.4 Å². The Morgan fingerprint density at radius 3 is 2.61 bits per heavy atom. The lowest BCUT2D eigenvalue weighted by atomic mass is 10.1. The van der Waals surface area contributed by atoms with Gasteiger partial charge in [0, 0.05) is 50.3 Å². The standard InChI is InChI=1S/C21H21F2N7O/c1-12-10-30-11-13(7-16(23)20(30)25-12)26-19-18-15(22)8-14(29-5-3-24-4-6-29)9-17(18)27-21(28-19)31-2/h7-11,24H,3-6H2,1-2H3,(H,26,27,28). The molecule has 1 aromatic carbocycles. The van der Waals surface area contributed by atoms with Crippen LogP contribution in [-0.4, -0.2) is 52.6 Å². The monoisotopic (exact) mass is 425 g/mol. The number of imidazole rings is 1. The molecule has 0 saturated carbocycles. The number of fused-ring (bicyclic) bond motifs is 2. The summed E-state index contributed by atoms with van der Waals surface area (Å²) in [5, 5.41) is 6.51. The molecule has 4 aromatic rings. The average Bonchev–Trinajstić information content (AvgIpc) is 3.14. The molecule has 0 atom stereocenters. The molecular formula is C21H21F2N7O. The molecule has 0 aliphatic carbocycles. The van der Waals surface area contributed by atoms with Crippen LogP contribution < -0.4 is 20.3 Å². The van der Waals surface area contributed by atoms with Crippen LogP contribution in [-0.2, 0) is 0 Å². The summed E-state index contributed by atoms with van der Waals surface area (Å²) in [6.07, 6.45) is 3.38. The minimum absolute atomic E-state index is 0.0897. The lowest BCUT2D eigenvalue weighted by molar-refractivity contribution is 0.382. The quantitative estimate of drug-likeness (QED) is 0.520. The van der Waals surface area contributed by atoms with Gasteiger partial charge in [0.2, 0.25) is 0 Å². The molecule has 3 aromatic heterocycles. The molecule has 160 valence electrons. The van der Waals surface area contributed by atoms with Gasteiger partial charge in [-0.15, -0.1) is 0 Å². The van der Waals surface area contributed by atoms with Gasteiger partial charge in [0.25, 0.3) is 0 Å². The number of aromatic nitrogens is 4. The van der Waals surface area contributed by atoms with E-state index in [1.54, 1.807) is 23.7 Å². The zero-order chi connectivity index (χ0) is 21.5. The van der Waals surface area contributed by atoms with Crippen molar-refractivity contribution in [1.29, 1.82) is 0 Å². The van der Waals surface area contributed by atoms with E-state index < -0.39 is 11.6 Å². The highest BCUT2D eigenvalue weighted by Crippen LogP contribution is 2.32. The Labute approximate surface area is 176 Å². The zero-order valence-corrected chi connectivity index (χ0v) is 17.1. The molecule has 0 amide bonds. The van der Waals surface area contributed by atoms with E-state index in [1.165, 1.54) is 19.2 Å². The van der Waals surface area contributed by atoms with Gasteiger partial charge < -0.3 is 24.7 Å². The summed E-state index contributed by atoms with van der Waals surface area (Å²) >= 11 is 0. The van der Waals surface area contributed by atoms with Gasteiger partial charge >= 0.3 is 6.01 Å². The number of hydrogen-bond acceptors (Lipinski definition) is 7. The summed E-state index contributed by atoms with van der Waals surface area (Å²) < 4.78 is 36.5. The van der Waals surface area contributed by atoms with Gasteiger partial charge in [-0.05, 0) is 19.1 Å². The van der Waals surface area contributed by atoms with E-state index in [9.17, 15) is 4.39 Å². The van der Waals surface area contributed by atoms with E-state index in [-0.39, 0.29) is 22.9 Å². The largest absolute Gasteiger partial charge is 0.467 e. The van der Waals surface area contributed by atoms with Crippen molar-refractivity contribution in [2.24, 2.45) is 0 Å². The third-order valence-corrected chi connectivity index (χ3v) is 5.27. The molecule has 8 nitrogen and oxygen atoms in total. The number of nitrogens with zero attached hydrogens (tertiary/aromatic N) is 5. The minimum Gasteiger partial charge on any atom is -0.467 e. The smallest absolute Gasteiger partial charge is 0.318 e. The van der Waals surface area contributed by atoms with E-state index in [4.69, 9.17) is 4.74 Å². The van der Waals surface area contributed by atoms with E-state index in [0.29, 0.717) is 16.9 Å². The summed E-state index contributed by atoms with van der Waals surface area (Å²) in [6.45, 7) is 5.01. The summed E-state index contributed by atoms with van der Waals surface area (Å²) in [5.74, 6) is -0.761. The first-order chi connectivity index (χ1) is 15.0. The molecule has 1 aliphatic heterocycles. The number of aryl methyl sites for hydroxylation is 1. The number of hydrogen-bond donors (Lipinski definition) is 2. The lowest BCUT2D eigenvalue weighted by Crippen LogP contribution is -2.43. The first kappa shape index (κ1) is 19.4. The van der Waals surface area contributed by atoms with Gasteiger partial charge in [-0.2, -0.15) is 9.97 Å². The van der Waals surface area contributed by atoms with Crippen molar-refractivity contribution in [1.82, 2.24) is 24.7 Å². The van der Waals surface area contributed by atoms with E-state index in [2.05, 4.69) is 30.5 Å². The van der Waals surface area contributed by atoms with E-state index in [1.807, 2.05) is 6.07 Å². The Balaban J connectivity index is 1.60. The Morgan fingerprint density at radius 2 is 1.84 bits per heavy atom. The molecule has 4 heterocycles. The fraction of sp³-hybridized carbons (Fsp3) is 0.286. The van der Waals surface area contributed by atoms with Crippen LogP contribution in [0.25, 0.3) is 16.6 Å². The number of piperazine rings is 1. The number of anilines is 3. The summed E-state index contributed by atoms with van der Waals surface area (Å²) in [4.78, 5) is 14.9. The second-order valence-corrected chi connectivity index (χ2v) is 7.43. The summed E-state index contributed by atoms with van der Waals surface area (Å²) in [7, 11) is 1.45. The van der Waals surface area contributed by atoms with Crippen LogP contribution in [0.1, 0.15) is 5.69 Å². The lowest BCUT2D eigenvalue weighted by Gasteiger charge is -2.29. The first-order valence-electron chi connectivity index (χ1n) is 9.94. The molecule has 0 unspecified atom stereocenters. The number of halogens is 2. The topological polar surface area (TPSA) is 79.6 Å². The van der Waals surface area contributed by atoms with Crippen molar-refractivity contribution in [3.63, 3.8) is 0 Å². The van der Waals surface area contributed by atoms with Crippen LogP contribution in [0.15, 0.2) is 30.6 Å². The SMILES string of the molecule is COc1nc(Nc2cc(F)c3nc(C)cn3c2)c2c(F)cc(N3CCNCC3)cc2n1. The molecule has 2 N–H and O–H groups in total. The number of nitrogens with one attached hydrogen (secondary N) is 2. The Morgan fingerprint density at radius 1 is 1.03 bits per heavy atom. The second kappa shape index (κ2) is 7.62. The number of pyridine rings is 1. The molecule has 1 saturated heterocycles. The van der Waals surface area contributed by atoms with Crippen LogP contribution in [0.4, 0.5) is 26.0 Å². The maximum atomic E-state index is 15.2. The Bertz CT molecular complexity index is 1280. The average molecular weight is 425 g/mol. The maximum absolute atomic E-state index is 15.2. The van der Waals surface area contributed by atoms with Crippen LogP contribution in [0.2, 0.25) is 0 Å². The normalized spacial score (nSPS) is 14.4. The third kappa shape index (κ3) is 3.59. The van der Waals surface area contributed by atoms with E-state index >= 15 is 4.39 Å². The predicted octanol–water partition coefficient (Wildman–Crippen LogP) is 3.03. The second-order valence-electron chi connectivity index (χ2n) is 7.43. The van der Waals surface area contributed by atoms with Crippen molar-refractivity contribution < 1.29 is 13.5 Å². The van der Waals surface area contributed by atoms with Crippen molar-refractivity contribution in [3.05, 3.63) is 47.9 Å². The minimum atomic E-state index is -0.495. The molecular weight excluding hydrogens is 404 g/mol. The first-order valence-corrected chi connectivity index (χ1v) is 9.94. The van der Waals surface area contributed by atoms with Gasteiger partial charge in [-0.1, -0.05) is 0 Å². The van der Waals surface area contributed by atoms with Crippen LogP contribution in [0.3, 0.4) is 0 Å².